The molecule has 1 N–H and O–H groups in total. The molecule has 11 heteroatoms. The van der Waals surface area contributed by atoms with Crippen molar-refractivity contribution in [1.29, 1.82) is 0 Å². The highest BCUT2D eigenvalue weighted by Gasteiger charge is 2.30. The van der Waals surface area contributed by atoms with Gasteiger partial charge in [0.05, 0.1) is 34.1 Å². The van der Waals surface area contributed by atoms with Gasteiger partial charge in [0.25, 0.3) is 5.91 Å². The number of amides is 1. The van der Waals surface area contributed by atoms with Crippen LogP contribution in [0.2, 0.25) is 10.0 Å². The Balaban J connectivity index is 1.76. The smallest absolute Gasteiger partial charge is 0.322 e. The van der Waals surface area contributed by atoms with Gasteiger partial charge in [-0.2, -0.15) is 13.2 Å². The lowest BCUT2D eigenvalue weighted by Gasteiger charge is -2.24. The molecule has 5 nitrogen and oxygen atoms in total. The SMILES string of the molecule is CS(=O)(=O)N(Cc1ccc(C(=O)Nc2ccc(C(F)(F)F)cc2)cc1)c1cccc(Cl)c1Cl. The summed E-state index contributed by atoms with van der Waals surface area (Å²) in [6, 6.07) is 14.8. The van der Waals surface area contributed by atoms with Crippen LogP contribution in [0.25, 0.3) is 0 Å². The molecule has 3 aromatic carbocycles. The molecule has 0 heterocycles. The Kier molecular flexibility index (Phi) is 7.26. The Bertz CT molecular complexity index is 1260. The Morgan fingerprint density at radius 2 is 1.58 bits per heavy atom. The van der Waals surface area contributed by atoms with Crippen LogP contribution in [0.4, 0.5) is 24.5 Å². The fourth-order valence-corrected chi connectivity index (χ4v) is 4.28. The summed E-state index contributed by atoms with van der Waals surface area (Å²) in [5.74, 6) is -0.529. The van der Waals surface area contributed by atoms with Gasteiger partial charge in [0.2, 0.25) is 10.0 Å². The molecule has 3 aromatic rings. The number of carbonyl (C=O) groups excluding carboxylic acids is 1. The van der Waals surface area contributed by atoms with Gasteiger partial charge in [-0.25, -0.2) is 8.42 Å². The summed E-state index contributed by atoms with van der Waals surface area (Å²) in [5.41, 5.74) is 0.416. The predicted molar refractivity (Wildman–Crippen MR) is 123 cm³/mol. The molecule has 0 aliphatic rings. The molecule has 0 aliphatic carbocycles. The molecule has 33 heavy (non-hydrogen) atoms. The van der Waals surface area contributed by atoms with Crippen LogP contribution in [-0.2, 0) is 22.7 Å². The molecule has 1 amide bonds. The number of nitrogens with zero attached hydrogens (tertiary/aromatic N) is 1. The van der Waals surface area contributed by atoms with Gasteiger partial charge >= 0.3 is 6.18 Å². The number of halogens is 5. The minimum absolute atomic E-state index is 0.0559. The first-order chi connectivity index (χ1) is 15.4. The van der Waals surface area contributed by atoms with E-state index in [1.54, 1.807) is 18.2 Å². The molecule has 3 rings (SSSR count). The molecule has 174 valence electrons. The lowest BCUT2D eigenvalue weighted by Crippen LogP contribution is -2.29. The average molecular weight is 517 g/mol. The number of alkyl halides is 3. The number of hydrogen-bond acceptors (Lipinski definition) is 3. The zero-order valence-corrected chi connectivity index (χ0v) is 19.4. The number of sulfonamides is 1. The highest BCUT2D eigenvalue weighted by atomic mass is 35.5. The van der Waals surface area contributed by atoms with Crippen LogP contribution >= 0.6 is 23.2 Å². The molecule has 0 fully saturated rings. The van der Waals surface area contributed by atoms with E-state index in [2.05, 4.69) is 5.32 Å². The van der Waals surface area contributed by atoms with Crippen molar-refractivity contribution in [1.82, 2.24) is 0 Å². The number of rotatable bonds is 6. The Morgan fingerprint density at radius 3 is 2.12 bits per heavy atom. The summed E-state index contributed by atoms with van der Waals surface area (Å²) < 4.78 is 63.8. The second kappa shape index (κ2) is 9.62. The fraction of sp³-hybridized carbons (Fsp3) is 0.136. The largest absolute Gasteiger partial charge is 0.416 e. The van der Waals surface area contributed by atoms with Gasteiger partial charge in [0, 0.05) is 11.3 Å². The molecule has 0 saturated heterocycles. The molecule has 0 bridgehead atoms. The fourth-order valence-electron chi connectivity index (χ4n) is 2.94. The van der Waals surface area contributed by atoms with Gasteiger partial charge in [0.1, 0.15) is 0 Å². The molecule has 0 aromatic heterocycles. The number of hydrogen-bond donors (Lipinski definition) is 1. The zero-order valence-electron chi connectivity index (χ0n) is 17.0. The van der Waals surface area contributed by atoms with Crippen LogP contribution in [0.3, 0.4) is 0 Å². The number of anilines is 2. The number of carbonyl (C=O) groups is 1. The van der Waals surface area contributed by atoms with E-state index >= 15 is 0 Å². The minimum atomic E-state index is -4.46. The van der Waals surface area contributed by atoms with Gasteiger partial charge in [-0.15, -0.1) is 0 Å². The molecule has 0 atom stereocenters. The maximum atomic E-state index is 12.7. The van der Waals surface area contributed by atoms with Crippen molar-refractivity contribution in [2.24, 2.45) is 0 Å². The summed E-state index contributed by atoms with van der Waals surface area (Å²) >= 11 is 12.2. The summed E-state index contributed by atoms with van der Waals surface area (Å²) in [7, 11) is -3.71. The predicted octanol–water partition coefficient (Wildman–Crippen LogP) is 6.23. The molecular weight excluding hydrogens is 500 g/mol. The monoisotopic (exact) mass is 516 g/mol. The zero-order chi connectivity index (χ0) is 24.4. The Labute approximate surface area is 198 Å². The van der Waals surface area contributed by atoms with Gasteiger partial charge in [-0.1, -0.05) is 41.4 Å². The first-order valence-corrected chi connectivity index (χ1v) is 12.0. The van der Waals surface area contributed by atoms with Crippen LogP contribution in [0.1, 0.15) is 21.5 Å². The van der Waals surface area contributed by atoms with Gasteiger partial charge in [0.15, 0.2) is 0 Å². The molecule has 0 unspecified atom stereocenters. The molecular formula is C22H17Cl2F3N2O3S. The van der Waals surface area contributed by atoms with E-state index in [0.717, 1.165) is 34.8 Å². The van der Waals surface area contributed by atoms with E-state index in [4.69, 9.17) is 23.2 Å². The summed E-state index contributed by atoms with van der Waals surface area (Å²) in [6.07, 6.45) is -3.43. The third-order valence-corrected chi connectivity index (χ3v) is 6.55. The van der Waals surface area contributed by atoms with Crippen molar-refractivity contribution < 1.29 is 26.4 Å². The number of benzene rings is 3. The molecule has 0 saturated carbocycles. The number of nitrogens with one attached hydrogen (secondary N) is 1. The summed E-state index contributed by atoms with van der Waals surface area (Å²) in [6.45, 7) is -0.0559. The molecule has 0 aliphatic heterocycles. The summed E-state index contributed by atoms with van der Waals surface area (Å²) in [5, 5.41) is 2.82. The van der Waals surface area contributed by atoms with Gasteiger partial charge in [-0.3, -0.25) is 9.10 Å². The van der Waals surface area contributed by atoms with E-state index in [1.165, 1.54) is 24.3 Å². The highest BCUT2D eigenvalue weighted by Crippen LogP contribution is 2.34. The maximum Gasteiger partial charge on any atom is 0.416 e. The minimum Gasteiger partial charge on any atom is -0.322 e. The topological polar surface area (TPSA) is 66.5 Å². The van der Waals surface area contributed by atoms with Crippen LogP contribution in [0, 0.1) is 0 Å². The first kappa shape index (κ1) is 24.9. The molecule has 0 radical (unpaired) electrons. The van der Waals surface area contributed by atoms with Crippen LogP contribution in [-0.4, -0.2) is 20.6 Å². The Hall–Kier alpha value is -2.75. The maximum absolute atomic E-state index is 12.7. The van der Waals surface area contributed by atoms with E-state index in [-0.39, 0.29) is 33.5 Å². The van der Waals surface area contributed by atoms with Crippen LogP contribution in [0.5, 0.6) is 0 Å². The van der Waals surface area contributed by atoms with Crippen molar-refractivity contribution in [2.45, 2.75) is 12.7 Å². The standard InChI is InChI=1S/C22H17Cl2F3N2O3S/c1-33(31,32)29(19-4-2-3-18(23)20(19)24)13-14-5-7-15(8-6-14)21(30)28-17-11-9-16(10-12-17)22(25,26)27/h2-12H,13H2,1H3,(H,28,30). The van der Waals surface area contributed by atoms with E-state index in [1.807, 2.05) is 0 Å². The Morgan fingerprint density at radius 1 is 0.970 bits per heavy atom. The highest BCUT2D eigenvalue weighted by molar-refractivity contribution is 7.92. The van der Waals surface area contributed by atoms with Crippen molar-refractivity contribution in [3.8, 4) is 0 Å². The van der Waals surface area contributed by atoms with E-state index in [9.17, 15) is 26.4 Å². The molecule has 0 spiro atoms. The van der Waals surface area contributed by atoms with Crippen molar-refractivity contribution in [2.75, 3.05) is 15.9 Å². The second-order valence-corrected chi connectivity index (χ2v) is 9.76. The average Bonchev–Trinajstić information content (AvgIpc) is 2.73. The van der Waals surface area contributed by atoms with Crippen LogP contribution < -0.4 is 9.62 Å². The third kappa shape index (κ3) is 6.19. The van der Waals surface area contributed by atoms with Crippen LogP contribution in [0.15, 0.2) is 66.7 Å². The van der Waals surface area contributed by atoms with Crippen molar-refractivity contribution in [3.05, 3.63) is 93.5 Å². The third-order valence-electron chi connectivity index (χ3n) is 4.61. The normalized spacial score (nSPS) is 11.8. The lowest BCUT2D eigenvalue weighted by molar-refractivity contribution is -0.137. The van der Waals surface area contributed by atoms with E-state index < -0.39 is 27.7 Å². The second-order valence-electron chi connectivity index (χ2n) is 7.07. The lowest BCUT2D eigenvalue weighted by atomic mass is 10.1. The first-order valence-electron chi connectivity index (χ1n) is 9.35. The quantitative estimate of drug-likeness (QED) is 0.422. The summed E-state index contributed by atoms with van der Waals surface area (Å²) in [4.78, 5) is 12.4. The van der Waals surface area contributed by atoms with Gasteiger partial charge in [-0.05, 0) is 54.1 Å². The van der Waals surface area contributed by atoms with Crippen molar-refractivity contribution >= 4 is 50.5 Å². The van der Waals surface area contributed by atoms with Crippen molar-refractivity contribution in [3.63, 3.8) is 0 Å². The van der Waals surface area contributed by atoms with E-state index in [0.29, 0.717) is 5.56 Å². The van der Waals surface area contributed by atoms with Gasteiger partial charge < -0.3 is 5.32 Å².